The average molecular weight is 292 g/mol. The van der Waals surface area contributed by atoms with Gasteiger partial charge in [-0.25, -0.2) is 19.2 Å². The number of rotatable bonds is 0. The molecule has 8 nitrogen and oxygen atoms in total. The number of hydrogen-bond acceptors (Lipinski definition) is 4. The van der Waals surface area contributed by atoms with E-state index in [9.17, 15) is 0 Å². The molecule has 0 unspecified atom stereocenters. The smallest absolute Gasteiger partial charge is 0 e. The van der Waals surface area contributed by atoms with Crippen molar-refractivity contribution in [3.63, 3.8) is 0 Å². The molecular weight excluding hydrogens is 286 g/mol. The first-order chi connectivity index (χ1) is 5.29. The van der Waals surface area contributed by atoms with Gasteiger partial charge in [0, 0.05) is 21.7 Å². The first-order valence-corrected chi connectivity index (χ1v) is 2.21. The minimum atomic E-state index is -1.82. The Balaban J connectivity index is -0.0000000370. The van der Waals surface area contributed by atoms with Crippen LogP contribution < -0.4 is 0 Å². The summed E-state index contributed by atoms with van der Waals surface area (Å²) in [4.78, 5) is 36.4. The summed E-state index contributed by atoms with van der Waals surface area (Å²) in [5.41, 5.74) is 0. The van der Waals surface area contributed by atoms with Crippen LogP contribution in [0.5, 0.6) is 0 Å². The van der Waals surface area contributed by atoms with Crippen LogP contribution in [-0.2, 0) is 40.9 Å². The maximum Gasteiger partial charge on any atom is 0 e. The van der Waals surface area contributed by atoms with E-state index in [1.807, 2.05) is 0 Å². The van der Waals surface area contributed by atoms with Crippen LogP contribution in [0.4, 0.5) is 0 Å². The fraction of sp³-hybridized carbons (Fsp3) is 0. The van der Waals surface area contributed by atoms with Crippen LogP contribution in [0, 0.1) is 0 Å². The zero-order chi connectivity index (χ0) is 10.3. The molecule has 0 bridgehead atoms. The molecule has 0 aliphatic carbocycles. The van der Waals surface area contributed by atoms with E-state index >= 15 is 0 Å². The molecule has 0 rings (SSSR count). The summed E-state index contributed by atoms with van der Waals surface area (Å²) in [5, 5.41) is 29.6. The van der Waals surface area contributed by atoms with Gasteiger partial charge >= 0.3 is 105 Å². The van der Waals surface area contributed by atoms with Gasteiger partial charge in [-0.05, 0) is 0 Å². The second kappa shape index (κ2) is 17.6. The van der Waals surface area contributed by atoms with E-state index in [1.54, 1.807) is 0 Å². The maximum atomic E-state index is 9.10. The van der Waals surface area contributed by atoms with E-state index < -0.39 is 23.9 Å². The summed E-state index contributed by atoms with van der Waals surface area (Å²) in [6.07, 6.45) is 0. The molecule has 0 aromatic rings. The monoisotopic (exact) mass is 292 g/mol. The van der Waals surface area contributed by atoms with Gasteiger partial charge in [0.25, 0.3) is 0 Å². The predicted octanol–water partition coefficient (Wildman–Crippen LogP) is -2.99. The topological polar surface area (TPSA) is 149 Å². The third-order valence-corrected chi connectivity index (χ3v) is 0.366. The summed E-state index contributed by atoms with van der Waals surface area (Å²) in [5.74, 6) is -7.30. The number of carboxylic acids is 4. The minimum absolute atomic E-state index is 0. The van der Waals surface area contributed by atoms with E-state index in [-0.39, 0.29) is 103 Å². The summed E-state index contributed by atoms with van der Waals surface area (Å²) in [6.45, 7) is 0. The minimum Gasteiger partial charge on any atom is 0 e. The van der Waals surface area contributed by atoms with Gasteiger partial charge in [0.05, 0.1) is 0 Å². The Kier molecular flexibility index (Phi) is 35.1. The van der Waals surface area contributed by atoms with Crippen molar-refractivity contribution in [2.45, 2.75) is 0 Å². The third-order valence-electron chi connectivity index (χ3n) is 0.366. The molecule has 0 radical (unpaired) electrons. The second-order valence-corrected chi connectivity index (χ2v) is 1.22. The van der Waals surface area contributed by atoms with Crippen LogP contribution in [0.15, 0.2) is 0 Å². The summed E-state index contributed by atoms with van der Waals surface area (Å²) in [7, 11) is 0. The third kappa shape index (κ3) is 31.3. The van der Waals surface area contributed by atoms with E-state index in [2.05, 4.69) is 0 Å². The molecule has 0 aliphatic rings. The number of carboxylic acid groups (broad SMARTS) is 4. The largest absolute Gasteiger partial charge is 0 e. The Morgan fingerprint density at radius 2 is 0.667 bits per heavy atom. The molecule has 0 spiro atoms. The van der Waals surface area contributed by atoms with Gasteiger partial charge in [-0.1, -0.05) is 0 Å². The molecule has 0 amide bonds. The van der Waals surface area contributed by atoms with Crippen LogP contribution in [0.25, 0.3) is 0 Å². The van der Waals surface area contributed by atoms with Gasteiger partial charge in [-0.15, -0.1) is 0 Å². The van der Waals surface area contributed by atoms with Crippen molar-refractivity contribution in [3.8, 4) is 0 Å². The summed E-state index contributed by atoms with van der Waals surface area (Å²) in [6, 6.07) is 0. The van der Waals surface area contributed by atoms with E-state index in [1.165, 1.54) is 0 Å². The SMILES string of the molecule is O=C(O)C(=O)O.O=C(O)C(=O)O.[KH].[NaH].[Ti]. The predicted molar refractivity (Wildman–Crippen MR) is 44.8 cm³/mol. The van der Waals surface area contributed by atoms with Crippen molar-refractivity contribution in [1.29, 1.82) is 0 Å². The molecule has 76 valence electrons. The van der Waals surface area contributed by atoms with Gasteiger partial charge in [-0.3, -0.25) is 0 Å². The first-order valence-electron chi connectivity index (χ1n) is 2.21. The molecule has 15 heavy (non-hydrogen) atoms. The van der Waals surface area contributed by atoms with Gasteiger partial charge < -0.3 is 20.4 Å². The van der Waals surface area contributed by atoms with Crippen LogP contribution in [0.1, 0.15) is 0 Å². The number of aliphatic carboxylic acids is 4. The Hall–Kier alpha value is 1.23. The second-order valence-electron chi connectivity index (χ2n) is 1.22. The van der Waals surface area contributed by atoms with Crippen molar-refractivity contribution in [2.24, 2.45) is 0 Å². The van der Waals surface area contributed by atoms with Crippen molar-refractivity contribution in [3.05, 3.63) is 0 Å². The molecule has 0 aliphatic heterocycles. The standard InChI is InChI=1S/2C2H2O4.K.Na.Ti.2H/c2*3-1(4)2(5)6;;;;;/h2*(H,3,4)(H,5,6);;;;;. The van der Waals surface area contributed by atoms with Gasteiger partial charge in [0.1, 0.15) is 0 Å². The Morgan fingerprint density at radius 1 is 0.600 bits per heavy atom. The molecule has 4 N–H and O–H groups in total. The molecule has 0 aromatic heterocycles. The average Bonchev–Trinajstić information content (AvgIpc) is 1.88. The van der Waals surface area contributed by atoms with Crippen molar-refractivity contribution in [1.82, 2.24) is 0 Å². The molecule has 11 heteroatoms. The van der Waals surface area contributed by atoms with E-state index in [4.69, 9.17) is 39.6 Å². The van der Waals surface area contributed by atoms with Crippen LogP contribution in [0.2, 0.25) is 0 Å². The quantitative estimate of drug-likeness (QED) is 0.273. The van der Waals surface area contributed by atoms with Crippen LogP contribution >= 0.6 is 0 Å². The normalized spacial score (nSPS) is 5.87. The van der Waals surface area contributed by atoms with Crippen molar-refractivity contribution < 1.29 is 61.3 Å². The molecule has 0 heterocycles. The van der Waals surface area contributed by atoms with Crippen molar-refractivity contribution >= 4 is 105 Å². The molecular formula is C4H6KNaO8Ti. The summed E-state index contributed by atoms with van der Waals surface area (Å²) >= 11 is 0. The zero-order valence-electron chi connectivity index (χ0n) is 5.92. The Bertz CT molecular complexity index is 183. The Morgan fingerprint density at radius 3 is 0.667 bits per heavy atom. The fourth-order valence-electron chi connectivity index (χ4n) is 0. The van der Waals surface area contributed by atoms with Crippen molar-refractivity contribution in [2.75, 3.05) is 0 Å². The zero-order valence-corrected chi connectivity index (χ0v) is 7.48. The fourth-order valence-corrected chi connectivity index (χ4v) is 0. The van der Waals surface area contributed by atoms with Gasteiger partial charge in [0.15, 0.2) is 0 Å². The molecule has 0 saturated carbocycles. The van der Waals surface area contributed by atoms with Gasteiger partial charge in [-0.2, -0.15) is 0 Å². The van der Waals surface area contributed by atoms with Crippen LogP contribution in [-0.4, -0.2) is 125 Å². The number of hydrogen-bond donors (Lipinski definition) is 4. The molecule has 0 atom stereocenters. The molecule has 0 saturated heterocycles. The first kappa shape index (κ1) is 29.9. The number of carbonyl (C=O) groups is 4. The Labute approximate surface area is 163 Å². The van der Waals surface area contributed by atoms with Gasteiger partial charge in [0.2, 0.25) is 0 Å². The van der Waals surface area contributed by atoms with Crippen LogP contribution in [0.3, 0.4) is 0 Å². The summed E-state index contributed by atoms with van der Waals surface area (Å²) < 4.78 is 0. The van der Waals surface area contributed by atoms with E-state index in [0.29, 0.717) is 0 Å². The maximum absolute atomic E-state index is 9.10. The van der Waals surface area contributed by atoms with E-state index in [0.717, 1.165) is 0 Å². The molecule has 0 aromatic carbocycles. The molecule has 0 fully saturated rings.